The molecule has 1 aromatic heterocycles. The van der Waals surface area contributed by atoms with Crippen LogP contribution in [0.25, 0.3) is 0 Å². The Kier molecular flexibility index (Phi) is 6.65. The number of carbonyl (C=O) groups excluding carboxylic acids is 1. The largest absolute Gasteiger partial charge is 0.496 e. The fourth-order valence-corrected chi connectivity index (χ4v) is 3.42. The highest BCUT2D eigenvalue weighted by Gasteiger charge is 2.06. The number of methoxy groups -OCH3 is 1. The lowest BCUT2D eigenvalue weighted by Gasteiger charge is -2.09. The lowest BCUT2D eigenvalue weighted by atomic mass is 10.1. The van der Waals surface area contributed by atoms with E-state index in [9.17, 15) is 4.79 Å². The number of amides is 1. The first-order valence-corrected chi connectivity index (χ1v) is 9.57. The number of nitrogens with zero attached hydrogens (tertiary/aromatic N) is 2. The van der Waals surface area contributed by atoms with Gasteiger partial charge in [-0.2, -0.15) is 5.10 Å². The molecule has 0 saturated carbocycles. The first-order valence-electron chi connectivity index (χ1n) is 8.78. The van der Waals surface area contributed by atoms with Gasteiger partial charge in [0, 0.05) is 25.4 Å². The second-order valence-electron chi connectivity index (χ2n) is 6.27. The lowest BCUT2D eigenvalue weighted by Crippen LogP contribution is -2.23. The molecule has 0 aliphatic heterocycles. The maximum Gasteiger partial charge on any atom is 0.220 e. The average molecular weight is 428 g/mol. The van der Waals surface area contributed by atoms with E-state index in [0.29, 0.717) is 19.4 Å². The van der Waals surface area contributed by atoms with Crippen LogP contribution >= 0.6 is 15.9 Å². The van der Waals surface area contributed by atoms with Gasteiger partial charge in [0.25, 0.3) is 0 Å². The minimum Gasteiger partial charge on any atom is -0.496 e. The van der Waals surface area contributed by atoms with Crippen molar-refractivity contribution in [3.05, 3.63) is 82.1 Å². The topological polar surface area (TPSA) is 56.1 Å². The molecular formula is C21H22BrN3O2. The summed E-state index contributed by atoms with van der Waals surface area (Å²) in [4.78, 5) is 12.2. The van der Waals surface area contributed by atoms with Crippen molar-refractivity contribution in [2.45, 2.75) is 25.9 Å². The number of benzene rings is 2. The SMILES string of the molecule is COc1ccc(CCC(=O)NCc2cccc(Cn3cccn3)c2)cc1Br. The predicted octanol–water partition coefficient (Wildman–Crippen LogP) is 3.95. The maximum absolute atomic E-state index is 12.2. The third-order valence-corrected chi connectivity index (χ3v) is 4.86. The highest BCUT2D eigenvalue weighted by molar-refractivity contribution is 9.10. The van der Waals surface area contributed by atoms with Crippen LogP contribution in [-0.2, 0) is 24.3 Å². The highest BCUT2D eigenvalue weighted by Crippen LogP contribution is 2.25. The molecule has 0 radical (unpaired) electrons. The van der Waals surface area contributed by atoms with Crippen LogP contribution < -0.4 is 10.1 Å². The van der Waals surface area contributed by atoms with Crippen LogP contribution in [0.4, 0.5) is 0 Å². The molecule has 0 bridgehead atoms. The molecule has 1 heterocycles. The molecule has 0 saturated heterocycles. The Morgan fingerprint density at radius 3 is 2.74 bits per heavy atom. The Hall–Kier alpha value is -2.60. The predicted molar refractivity (Wildman–Crippen MR) is 109 cm³/mol. The van der Waals surface area contributed by atoms with Gasteiger partial charge in [-0.1, -0.05) is 30.3 Å². The summed E-state index contributed by atoms with van der Waals surface area (Å²) in [5.41, 5.74) is 3.34. The number of rotatable bonds is 8. The van der Waals surface area contributed by atoms with Crippen molar-refractivity contribution in [3.8, 4) is 5.75 Å². The fraction of sp³-hybridized carbons (Fsp3) is 0.238. The molecule has 0 unspecified atom stereocenters. The smallest absolute Gasteiger partial charge is 0.220 e. The lowest BCUT2D eigenvalue weighted by molar-refractivity contribution is -0.121. The zero-order chi connectivity index (χ0) is 19.1. The summed E-state index contributed by atoms with van der Waals surface area (Å²) in [5.74, 6) is 0.831. The van der Waals surface area contributed by atoms with Crippen LogP contribution in [0.1, 0.15) is 23.1 Å². The molecule has 3 aromatic rings. The van der Waals surface area contributed by atoms with Gasteiger partial charge < -0.3 is 10.1 Å². The molecule has 6 heteroatoms. The van der Waals surface area contributed by atoms with Crippen LogP contribution in [0.5, 0.6) is 5.75 Å². The molecule has 0 spiro atoms. The molecule has 0 aliphatic carbocycles. The van der Waals surface area contributed by atoms with E-state index in [1.54, 1.807) is 13.3 Å². The third kappa shape index (κ3) is 5.69. The fourth-order valence-electron chi connectivity index (χ4n) is 2.83. The van der Waals surface area contributed by atoms with Gasteiger partial charge in [-0.05, 0) is 57.2 Å². The van der Waals surface area contributed by atoms with Crippen molar-refractivity contribution in [1.82, 2.24) is 15.1 Å². The highest BCUT2D eigenvalue weighted by atomic mass is 79.9. The van der Waals surface area contributed by atoms with Crippen molar-refractivity contribution < 1.29 is 9.53 Å². The molecule has 140 valence electrons. The van der Waals surface area contributed by atoms with Crippen molar-refractivity contribution in [2.24, 2.45) is 0 Å². The van der Waals surface area contributed by atoms with Gasteiger partial charge in [0.2, 0.25) is 5.91 Å². The molecule has 1 N–H and O–H groups in total. The normalized spacial score (nSPS) is 10.6. The Bertz CT molecular complexity index is 894. The maximum atomic E-state index is 12.2. The van der Waals surface area contributed by atoms with Crippen molar-refractivity contribution in [3.63, 3.8) is 0 Å². The summed E-state index contributed by atoms with van der Waals surface area (Å²) < 4.78 is 8.00. The van der Waals surface area contributed by atoms with Gasteiger partial charge in [-0.3, -0.25) is 9.48 Å². The first-order chi connectivity index (χ1) is 13.1. The monoisotopic (exact) mass is 427 g/mol. The van der Waals surface area contributed by atoms with E-state index in [1.807, 2.05) is 47.3 Å². The standard InChI is InChI=1S/C21H22BrN3O2/c1-27-20-8-6-16(13-19(20)22)7-9-21(26)23-14-17-4-2-5-18(12-17)15-25-11-3-10-24-25/h2-6,8,10-13H,7,9,14-15H2,1H3,(H,23,26). The molecule has 2 aromatic carbocycles. The van der Waals surface area contributed by atoms with E-state index in [4.69, 9.17) is 4.74 Å². The zero-order valence-corrected chi connectivity index (χ0v) is 16.8. The minimum absolute atomic E-state index is 0.0411. The summed E-state index contributed by atoms with van der Waals surface area (Å²) in [7, 11) is 1.64. The van der Waals surface area contributed by atoms with E-state index in [2.05, 4.69) is 38.5 Å². The third-order valence-electron chi connectivity index (χ3n) is 4.24. The number of halogens is 1. The molecule has 3 rings (SSSR count). The summed E-state index contributed by atoms with van der Waals surface area (Å²) >= 11 is 3.47. The number of nitrogens with one attached hydrogen (secondary N) is 1. The number of hydrogen-bond acceptors (Lipinski definition) is 3. The van der Waals surface area contributed by atoms with Crippen LogP contribution in [0, 0.1) is 0 Å². The molecule has 5 nitrogen and oxygen atoms in total. The number of ether oxygens (including phenoxy) is 1. The second kappa shape index (κ2) is 9.37. The van der Waals surface area contributed by atoms with E-state index >= 15 is 0 Å². The number of hydrogen-bond donors (Lipinski definition) is 1. The van der Waals surface area contributed by atoms with Crippen molar-refractivity contribution in [2.75, 3.05) is 7.11 Å². The Balaban J connectivity index is 1.48. The van der Waals surface area contributed by atoms with E-state index in [0.717, 1.165) is 33.5 Å². The van der Waals surface area contributed by atoms with Crippen LogP contribution in [0.3, 0.4) is 0 Å². The molecule has 0 aliphatic rings. The van der Waals surface area contributed by atoms with Gasteiger partial charge in [0.1, 0.15) is 5.75 Å². The van der Waals surface area contributed by atoms with Crippen molar-refractivity contribution >= 4 is 21.8 Å². The number of aromatic nitrogens is 2. The zero-order valence-electron chi connectivity index (χ0n) is 15.2. The van der Waals surface area contributed by atoms with Crippen LogP contribution in [0.2, 0.25) is 0 Å². The number of aryl methyl sites for hydroxylation is 1. The van der Waals surface area contributed by atoms with E-state index < -0.39 is 0 Å². The Morgan fingerprint density at radius 1 is 1.15 bits per heavy atom. The van der Waals surface area contributed by atoms with Gasteiger partial charge >= 0.3 is 0 Å². The molecule has 0 atom stereocenters. The summed E-state index contributed by atoms with van der Waals surface area (Å²) in [6, 6.07) is 16.0. The quantitative estimate of drug-likeness (QED) is 0.591. The van der Waals surface area contributed by atoms with Crippen LogP contribution in [-0.4, -0.2) is 22.8 Å². The number of carbonyl (C=O) groups is 1. The van der Waals surface area contributed by atoms with Gasteiger partial charge in [-0.15, -0.1) is 0 Å². The molecule has 1 amide bonds. The van der Waals surface area contributed by atoms with Gasteiger partial charge in [0.15, 0.2) is 0 Å². The van der Waals surface area contributed by atoms with Gasteiger partial charge in [0.05, 0.1) is 18.1 Å². The van der Waals surface area contributed by atoms with Crippen LogP contribution in [0.15, 0.2) is 65.4 Å². The Labute approximate surface area is 167 Å². The molecule has 27 heavy (non-hydrogen) atoms. The van der Waals surface area contributed by atoms with Gasteiger partial charge in [-0.25, -0.2) is 0 Å². The summed E-state index contributed by atoms with van der Waals surface area (Å²) in [6.45, 7) is 1.25. The van der Waals surface area contributed by atoms with Crippen molar-refractivity contribution in [1.29, 1.82) is 0 Å². The summed E-state index contributed by atoms with van der Waals surface area (Å²) in [6.07, 6.45) is 4.84. The average Bonchev–Trinajstić information content (AvgIpc) is 3.18. The van der Waals surface area contributed by atoms with E-state index in [-0.39, 0.29) is 5.91 Å². The summed E-state index contributed by atoms with van der Waals surface area (Å²) in [5, 5.41) is 7.22. The van der Waals surface area contributed by atoms with E-state index in [1.165, 1.54) is 0 Å². The second-order valence-corrected chi connectivity index (χ2v) is 7.12. The first kappa shape index (κ1) is 19.2. The molecule has 0 fully saturated rings. The Morgan fingerprint density at radius 2 is 2.00 bits per heavy atom. The molecular weight excluding hydrogens is 406 g/mol. The minimum atomic E-state index is 0.0411.